The van der Waals surface area contributed by atoms with Crippen molar-refractivity contribution in [3.63, 3.8) is 0 Å². The molecule has 0 saturated heterocycles. The largest absolute Gasteiger partial charge is 0.256 e. The van der Waals surface area contributed by atoms with Crippen molar-refractivity contribution in [1.82, 2.24) is 4.98 Å². The maximum atomic E-state index is 5.03. The van der Waals surface area contributed by atoms with Crippen LogP contribution in [0.25, 0.3) is 87.4 Å². The lowest BCUT2D eigenvalue weighted by atomic mass is 9.86. The first kappa shape index (κ1) is 24.8. The topological polar surface area (TPSA) is 12.9 Å². The lowest BCUT2D eigenvalue weighted by molar-refractivity contribution is 1.42. The third kappa shape index (κ3) is 3.83. The summed E-state index contributed by atoms with van der Waals surface area (Å²) in [7, 11) is 0. The van der Waals surface area contributed by atoms with Gasteiger partial charge in [0.1, 0.15) is 0 Å². The predicted octanol–water partition coefficient (Wildman–Crippen LogP) is 11.8. The molecular formula is C43H27N. The molecule has 0 atom stereocenters. The van der Waals surface area contributed by atoms with Gasteiger partial charge in [-0.25, -0.2) is 0 Å². The summed E-state index contributed by atoms with van der Waals surface area (Å²) in [5, 5.41) is 11.1. The van der Waals surface area contributed by atoms with Crippen LogP contribution in [0.5, 0.6) is 0 Å². The van der Waals surface area contributed by atoms with Crippen LogP contribution in [0.2, 0.25) is 0 Å². The van der Waals surface area contributed by atoms with Crippen LogP contribution in [-0.2, 0) is 0 Å². The highest BCUT2D eigenvalue weighted by atomic mass is 14.7. The van der Waals surface area contributed by atoms with Gasteiger partial charge in [-0.15, -0.1) is 0 Å². The normalized spacial score (nSPS) is 11.6. The summed E-state index contributed by atoms with van der Waals surface area (Å²) in [6.07, 6.45) is 1.92. The molecule has 204 valence electrons. The first-order valence-electron chi connectivity index (χ1n) is 15.1. The minimum absolute atomic E-state index is 1.03. The van der Waals surface area contributed by atoms with E-state index < -0.39 is 0 Å². The van der Waals surface area contributed by atoms with E-state index in [1.165, 1.54) is 81.9 Å². The first-order chi connectivity index (χ1) is 21.8. The summed E-state index contributed by atoms with van der Waals surface area (Å²) in [6, 6.07) is 57.2. The Morgan fingerprint density at radius 1 is 0.318 bits per heavy atom. The Kier molecular flexibility index (Phi) is 5.57. The van der Waals surface area contributed by atoms with Gasteiger partial charge in [0.25, 0.3) is 0 Å². The Hall–Kier alpha value is -5.79. The van der Waals surface area contributed by atoms with E-state index in [1.807, 2.05) is 6.20 Å². The number of fused-ring (bicyclic) bond motifs is 5. The van der Waals surface area contributed by atoms with Crippen molar-refractivity contribution < 1.29 is 0 Å². The predicted molar refractivity (Wildman–Crippen MR) is 188 cm³/mol. The zero-order valence-electron chi connectivity index (χ0n) is 24.0. The minimum atomic E-state index is 1.03. The fraction of sp³-hybridized carbons (Fsp3) is 0. The molecule has 0 saturated carbocycles. The van der Waals surface area contributed by atoms with Gasteiger partial charge in [0.15, 0.2) is 0 Å². The van der Waals surface area contributed by atoms with E-state index in [0.29, 0.717) is 0 Å². The van der Waals surface area contributed by atoms with E-state index in [0.717, 1.165) is 5.52 Å². The second-order valence-electron chi connectivity index (χ2n) is 11.5. The van der Waals surface area contributed by atoms with Gasteiger partial charge >= 0.3 is 0 Å². The van der Waals surface area contributed by atoms with Crippen LogP contribution in [0, 0.1) is 0 Å². The Balaban J connectivity index is 1.27. The summed E-state index contributed by atoms with van der Waals surface area (Å²) in [6.45, 7) is 0. The van der Waals surface area contributed by atoms with Crippen LogP contribution < -0.4 is 0 Å². The van der Waals surface area contributed by atoms with Gasteiger partial charge in [-0.05, 0) is 89.1 Å². The molecule has 0 unspecified atom stereocenters. The summed E-state index contributed by atoms with van der Waals surface area (Å²) >= 11 is 0. The molecule has 0 fully saturated rings. The highest BCUT2D eigenvalue weighted by Gasteiger charge is 2.19. The third-order valence-electron chi connectivity index (χ3n) is 9.07. The van der Waals surface area contributed by atoms with Crippen LogP contribution in [0.15, 0.2) is 164 Å². The number of rotatable bonds is 3. The number of benzene rings is 8. The molecule has 0 spiro atoms. The van der Waals surface area contributed by atoms with E-state index in [-0.39, 0.29) is 0 Å². The van der Waals surface area contributed by atoms with Crippen LogP contribution in [0.1, 0.15) is 0 Å². The van der Waals surface area contributed by atoms with Gasteiger partial charge in [0, 0.05) is 17.1 Å². The van der Waals surface area contributed by atoms with Crippen LogP contribution in [-0.4, -0.2) is 4.98 Å². The molecule has 9 aromatic rings. The third-order valence-corrected chi connectivity index (χ3v) is 9.07. The lowest BCUT2D eigenvalue weighted by Gasteiger charge is -2.18. The van der Waals surface area contributed by atoms with Crippen LogP contribution in [0.4, 0.5) is 0 Å². The van der Waals surface area contributed by atoms with E-state index in [9.17, 15) is 0 Å². The molecule has 1 heterocycles. The minimum Gasteiger partial charge on any atom is -0.256 e. The molecule has 1 nitrogen and oxygen atoms in total. The molecule has 8 aromatic carbocycles. The van der Waals surface area contributed by atoms with Crippen molar-refractivity contribution in [3.8, 4) is 33.4 Å². The van der Waals surface area contributed by atoms with Crippen molar-refractivity contribution in [3.05, 3.63) is 164 Å². The molecule has 1 aromatic heterocycles. The zero-order valence-corrected chi connectivity index (χ0v) is 24.0. The monoisotopic (exact) mass is 557 g/mol. The second-order valence-corrected chi connectivity index (χ2v) is 11.5. The van der Waals surface area contributed by atoms with Crippen molar-refractivity contribution in [2.24, 2.45) is 0 Å². The molecule has 0 bridgehead atoms. The molecule has 0 aliphatic heterocycles. The van der Waals surface area contributed by atoms with Crippen molar-refractivity contribution in [2.75, 3.05) is 0 Å². The number of hydrogen-bond donors (Lipinski definition) is 0. The number of aromatic nitrogens is 1. The SMILES string of the molecule is c1ccc2c(-c3ccc4cc(-c5c6ccccc6c(-c6cccc7ccccc67)c6ncccc56)ccc4c3)cccc2c1. The molecular weight excluding hydrogens is 530 g/mol. The summed E-state index contributed by atoms with van der Waals surface area (Å²) in [5.41, 5.74) is 8.37. The molecule has 0 N–H and O–H groups in total. The van der Waals surface area contributed by atoms with Gasteiger partial charge < -0.3 is 0 Å². The number of nitrogens with zero attached hydrogens (tertiary/aromatic N) is 1. The Labute approximate surface area is 255 Å². The highest BCUT2D eigenvalue weighted by Crippen LogP contribution is 2.45. The molecule has 1 heteroatoms. The lowest BCUT2D eigenvalue weighted by Crippen LogP contribution is -1.93. The highest BCUT2D eigenvalue weighted by molar-refractivity contribution is 6.22. The standard InChI is InChI=1S/C43H27N/c1-3-14-34-28(10-1)12-7-18-36(34)32-23-21-31-27-33(24-22-30(31)26-32)41-38-16-5-6-17-39(38)42(43-40(41)20-9-25-44-43)37-19-8-13-29-11-2-4-15-35(29)37/h1-27H. The van der Waals surface area contributed by atoms with Crippen molar-refractivity contribution >= 4 is 54.0 Å². The van der Waals surface area contributed by atoms with Crippen molar-refractivity contribution in [2.45, 2.75) is 0 Å². The van der Waals surface area contributed by atoms with Crippen LogP contribution in [0.3, 0.4) is 0 Å². The van der Waals surface area contributed by atoms with E-state index in [2.05, 4.69) is 158 Å². The van der Waals surface area contributed by atoms with E-state index in [1.54, 1.807) is 0 Å². The zero-order chi connectivity index (χ0) is 29.0. The molecule has 44 heavy (non-hydrogen) atoms. The maximum Gasteiger partial charge on any atom is 0.0793 e. The Morgan fingerprint density at radius 2 is 0.841 bits per heavy atom. The van der Waals surface area contributed by atoms with E-state index >= 15 is 0 Å². The number of pyridine rings is 1. The Morgan fingerprint density at radius 3 is 1.57 bits per heavy atom. The average Bonchev–Trinajstić information content (AvgIpc) is 3.09. The molecule has 0 amide bonds. The summed E-state index contributed by atoms with van der Waals surface area (Å²) in [4.78, 5) is 5.03. The van der Waals surface area contributed by atoms with Gasteiger partial charge in [-0.2, -0.15) is 0 Å². The molecule has 0 radical (unpaired) electrons. The summed E-state index contributed by atoms with van der Waals surface area (Å²) in [5.74, 6) is 0. The van der Waals surface area contributed by atoms with Crippen molar-refractivity contribution in [1.29, 1.82) is 0 Å². The summed E-state index contributed by atoms with van der Waals surface area (Å²) < 4.78 is 0. The molecule has 0 aliphatic carbocycles. The Bertz CT molecular complexity index is 2490. The molecule has 0 aliphatic rings. The van der Waals surface area contributed by atoms with Gasteiger partial charge in [0.2, 0.25) is 0 Å². The second kappa shape index (κ2) is 9.90. The molecule has 9 rings (SSSR count). The first-order valence-corrected chi connectivity index (χ1v) is 15.1. The number of hydrogen-bond acceptors (Lipinski definition) is 1. The smallest absolute Gasteiger partial charge is 0.0793 e. The fourth-order valence-electron chi connectivity index (χ4n) is 7.07. The van der Waals surface area contributed by atoms with E-state index in [4.69, 9.17) is 4.98 Å². The van der Waals surface area contributed by atoms with Gasteiger partial charge in [0.05, 0.1) is 5.52 Å². The van der Waals surface area contributed by atoms with Crippen LogP contribution >= 0.6 is 0 Å². The maximum absolute atomic E-state index is 5.03. The fourth-order valence-corrected chi connectivity index (χ4v) is 7.07. The quantitative estimate of drug-likeness (QED) is 0.197. The van der Waals surface area contributed by atoms with Gasteiger partial charge in [-0.3, -0.25) is 4.98 Å². The average molecular weight is 558 g/mol. The van der Waals surface area contributed by atoms with Gasteiger partial charge in [-0.1, -0.05) is 140 Å².